The Morgan fingerprint density at radius 2 is 1.83 bits per heavy atom. The van der Waals surface area contributed by atoms with Crippen molar-refractivity contribution in [3.63, 3.8) is 0 Å². The number of nitrogens with one attached hydrogen (secondary N) is 2. The van der Waals surface area contributed by atoms with E-state index in [1.807, 2.05) is 37.3 Å². The summed E-state index contributed by atoms with van der Waals surface area (Å²) in [6, 6.07) is 11.3. The van der Waals surface area contributed by atoms with Crippen molar-refractivity contribution in [1.29, 1.82) is 0 Å². The van der Waals surface area contributed by atoms with Gasteiger partial charge in [0.25, 0.3) is 0 Å². The third-order valence-electron chi connectivity index (χ3n) is 3.99. The Kier molecular flexibility index (Phi) is 10.3. The maximum Gasteiger partial charge on any atom is 0.421 e. The first-order chi connectivity index (χ1) is 13.7. The van der Waals surface area contributed by atoms with E-state index in [4.69, 9.17) is 4.74 Å². The summed E-state index contributed by atoms with van der Waals surface area (Å²) >= 11 is 0. The van der Waals surface area contributed by atoms with E-state index in [0.29, 0.717) is 12.5 Å². The minimum absolute atomic E-state index is 0. The molecule has 6 nitrogen and oxygen atoms in total. The number of rotatable bonds is 8. The van der Waals surface area contributed by atoms with Crippen LogP contribution in [-0.4, -0.2) is 42.3 Å². The topological polar surface area (TPSA) is 78.8 Å². The van der Waals surface area contributed by atoms with Crippen LogP contribution in [0.15, 0.2) is 53.7 Å². The predicted octanol–water partition coefficient (Wildman–Crippen LogP) is 3.56. The number of benzene rings is 1. The first-order valence-electron chi connectivity index (χ1n) is 9.19. The summed E-state index contributed by atoms with van der Waals surface area (Å²) in [6.07, 6.45) is -3.29. The van der Waals surface area contributed by atoms with Gasteiger partial charge in [-0.3, -0.25) is 0 Å². The van der Waals surface area contributed by atoms with Crippen LogP contribution in [0.2, 0.25) is 0 Å². The van der Waals surface area contributed by atoms with E-state index in [9.17, 15) is 18.3 Å². The highest BCUT2D eigenvalue weighted by Gasteiger charge is 2.35. The molecule has 0 aliphatic heterocycles. The van der Waals surface area contributed by atoms with Gasteiger partial charge in [-0.15, -0.1) is 24.0 Å². The number of hydrogen-bond donors (Lipinski definition) is 3. The van der Waals surface area contributed by atoms with Gasteiger partial charge in [-0.25, -0.2) is 9.98 Å². The number of aliphatic imine (C=N–C) groups is 1. The summed E-state index contributed by atoms with van der Waals surface area (Å²) < 4.78 is 44.0. The SMILES string of the molecule is CCNC(=NCC(C)(O)c1ccccc1)NCCOc1ncccc1C(F)(F)F.I. The molecule has 2 rings (SSSR count). The van der Waals surface area contributed by atoms with E-state index in [0.717, 1.165) is 11.6 Å². The van der Waals surface area contributed by atoms with Crippen molar-refractivity contribution in [3.8, 4) is 5.88 Å². The fourth-order valence-corrected chi connectivity index (χ4v) is 2.50. The van der Waals surface area contributed by atoms with Gasteiger partial charge in [-0.2, -0.15) is 13.2 Å². The standard InChI is InChI=1S/C20H25F3N4O2.HI/c1-3-24-18(27-14-19(2,28)15-8-5-4-6-9-15)26-12-13-29-17-16(20(21,22)23)10-7-11-25-17;/h4-11,28H,3,12-14H2,1-2H3,(H2,24,26,27);1H. The Labute approximate surface area is 191 Å². The first-order valence-corrected chi connectivity index (χ1v) is 9.19. The minimum Gasteiger partial charge on any atom is -0.475 e. The molecule has 0 saturated carbocycles. The molecule has 1 unspecified atom stereocenters. The molecule has 0 aliphatic carbocycles. The maximum atomic E-state index is 12.9. The summed E-state index contributed by atoms with van der Waals surface area (Å²) in [6.45, 7) is 4.39. The molecule has 1 aromatic heterocycles. The Hall–Kier alpha value is -2.08. The van der Waals surface area contributed by atoms with E-state index in [-0.39, 0.29) is 43.7 Å². The number of aliphatic hydroxyl groups is 1. The molecule has 2 aromatic rings. The van der Waals surface area contributed by atoms with Crippen molar-refractivity contribution in [2.45, 2.75) is 25.6 Å². The van der Waals surface area contributed by atoms with Crippen LogP contribution in [0, 0.1) is 0 Å². The van der Waals surface area contributed by atoms with Gasteiger partial charge in [-0.05, 0) is 31.5 Å². The van der Waals surface area contributed by atoms with E-state index in [1.54, 1.807) is 6.92 Å². The van der Waals surface area contributed by atoms with Crippen LogP contribution < -0.4 is 15.4 Å². The van der Waals surface area contributed by atoms with Crippen LogP contribution in [0.1, 0.15) is 25.0 Å². The van der Waals surface area contributed by atoms with Crippen molar-refractivity contribution in [1.82, 2.24) is 15.6 Å². The van der Waals surface area contributed by atoms with Gasteiger partial charge < -0.3 is 20.5 Å². The number of aromatic nitrogens is 1. The predicted molar refractivity (Wildman–Crippen MR) is 120 cm³/mol. The summed E-state index contributed by atoms with van der Waals surface area (Å²) in [5.74, 6) is -0.0416. The molecule has 0 spiro atoms. The van der Waals surface area contributed by atoms with Gasteiger partial charge in [-0.1, -0.05) is 30.3 Å². The van der Waals surface area contributed by atoms with Gasteiger partial charge in [0.15, 0.2) is 5.96 Å². The zero-order valence-electron chi connectivity index (χ0n) is 16.7. The monoisotopic (exact) mass is 538 g/mol. The zero-order chi connectivity index (χ0) is 21.3. The van der Waals surface area contributed by atoms with Gasteiger partial charge in [0.05, 0.1) is 13.1 Å². The molecule has 1 atom stereocenters. The van der Waals surface area contributed by atoms with Gasteiger partial charge in [0.2, 0.25) is 5.88 Å². The lowest BCUT2D eigenvalue weighted by molar-refractivity contribution is -0.139. The third kappa shape index (κ3) is 7.98. The average Bonchev–Trinajstić information content (AvgIpc) is 2.69. The van der Waals surface area contributed by atoms with Crippen molar-refractivity contribution in [2.75, 3.05) is 26.2 Å². The lowest BCUT2D eigenvalue weighted by atomic mass is 9.96. The second kappa shape index (κ2) is 11.9. The van der Waals surface area contributed by atoms with Gasteiger partial charge >= 0.3 is 6.18 Å². The number of alkyl halides is 3. The van der Waals surface area contributed by atoms with Crippen LogP contribution in [0.25, 0.3) is 0 Å². The van der Waals surface area contributed by atoms with Crippen molar-refractivity contribution < 1.29 is 23.0 Å². The molecule has 30 heavy (non-hydrogen) atoms. The van der Waals surface area contributed by atoms with Crippen LogP contribution >= 0.6 is 24.0 Å². The van der Waals surface area contributed by atoms with Gasteiger partial charge in [0.1, 0.15) is 17.8 Å². The second-order valence-corrected chi connectivity index (χ2v) is 6.46. The van der Waals surface area contributed by atoms with E-state index >= 15 is 0 Å². The van der Waals surface area contributed by atoms with Crippen LogP contribution in [0.3, 0.4) is 0 Å². The van der Waals surface area contributed by atoms with Crippen LogP contribution in [-0.2, 0) is 11.8 Å². The number of pyridine rings is 1. The smallest absolute Gasteiger partial charge is 0.421 e. The minimum atomic E-state index is -4.53. The third-order valence-corrected chi connectivity index (χ3v) is 3.99. The van der Waals surface area contributed by atoms with Crippen LogP contribution in [0.5, 0.6) is 5.88 Å². The summed E-state index contributed by atoms with van der Waals surface area (Å²) in [7, 11) is 0. The quantitative estimate of drug-likeness (QED) is 0.208. The lowest BCUT2D eigenvalue weighted by Crippen LogP contribution is -2.40. The highest BCUT2D eigenvalue weighted by atomic mass is 127. The molecule has 10 heteroatoms. The van der Waals surface area contributed by atoms with Crippen molar-refractivity contribution in [2.24, 2.45) is 4.99 Å². The van der Waals surface area contributed by atoms with E-state index in [1.165, 1.54) is 12.3 Å². The molecular formula is C20H26F3IN4O2. The maximum absolute atomic E-state index is 12.9. The molecule has 0 aliphatic rings. The fourth-order valence-electron chi connectivity index (χ4n) is 2.50. The Morgan fingerprint density at radius 1 is 1.13 bits per heavy atom. The second-order valence-electron chi connectivity index (χ2n) is 6.46. The fraction of sp³-hybridized carbons (Fsp3) is 0.400. The Bertz CT molecular complexity index is 802. The number of halogens is 4. The van der Waals surface area contributed by atoms with E-state index < -0.39 is 23.2 Å². The molecule has 0 saturated heterocycles. The molecule has 0 fully saturated rings. The van der Waals surface area contributed by atoms with Gasteiger partial charge in [0, 0.05) is 12.7 Å². The molecule has 166 valence electrons. The molecule has 1 aromatic carbocycles. The highest BCUT2D eigenvalue weighted by molar-refractivity contribution is 14.0. The number of nitrogens with zero attached hydrogens (tertiary/aromatic N) is 2. The summed E-state index contributed by atoms with van der Waals surface area (Å²) in [5.41, 5.74) is -1.34. The number of ether oxygens (including phenoxy) is 1. The molecule has 1 heterocycles. The Morgan fingerprint density at radius 3 is 2.47 bits per heavy atom. The Balaban J connectivity index is 0.00000450. The normalized spacial score (nSPS) is 13.7. The summed E-state index contributed by atoms with van der Waals surface area (Å²) in [5, 5.41) is 16.6. The molecule has 0 bridgehead atoms. The number of guanidine groups is 1. The molecule has 0 amide bonds. The summed E-state index contributed by atoms with van der Waals surface area (Å²) in [4.78, 5) is 8.01. The van der Waals surface area contributed by atoms with Crippen LogP contribution in [0.4, 0.5) is 13.2 Å². The molecule has 3 N–H and O–H groups in total. The molecule has 0 radical (unpaired) electrons. The van der Waals surface area contributed by atoms with Crippen molar-refractivity contribution in [3.05, 3.63) is 59.8 Å². The zero-order valence-corrected chi connectivity index (χ0v) is 19.1. The number of hydrogen-bond acceptors (Lipinski definition) is 4. The highest BCUT2D eigenvalue weighted by Crippen LogP contribution is 2.34. The molecular weight excluding hydrogens is 512 g/mol. The largest absolute Gasteiger partial charge is 0.475 e. The lowest BCUT2D eigenvalue weighted by Gasteiger charge is -2.22. The average molecular weight is 538 g/mol. The van der Waals surface area contributed by atoms with Crippen molar-refractivity contribution >= 4 is 29.9 Å². The first kappa shape index (κ1) is 26.0. The van der Waals surface area contributed by atoms with E-state index in [2.05, 4.69) is 20.6 Å².